The third-order valence-electron chi connectivity index (χ3n) is 5.03. The number of likely N-dealkylation sites (tertiary alicyclic amines) is 1. The third kappa shape index (κ3) is 5.05. The number of hydrogen-bond acceptors (Lipinski definition) is 3. The molecule has 1 amide bonds. The molecule has 2 aliphatic rings. The topological polar surface area (TPSA) is 41.6 Å². The van der Waals surface area contributed by atoms with Gasteiger partial charge in [0.05, 0.1) is 13.2 Å². The fraction of sp³-hybridized carbons (Fsp3) is 0.632. The van der Waals surface area contributed by atoms with Crippen molar-refractivity contribution in [3.63, 3.8) is 0 Å². The van der Waals surface area contributed by atoms with E-state index < -0.39 is 0 Å². The number of rotatable bonds is 7. The summed E-state index contributed by atoms with van der Waals surface area (Å²) >= 11 is 0. The molecular formula is C19H28N2O2. The zero-order chi connectivity index (χ0) is 15.9. The van der Waals surface area contributed by atoms with E-state index in [0.29, 0.717) is 30.8 Å². The zero-order valence-corrected chi connectivity index (χ0v) is 13.9. The van der Waals surface area contributed by atoms with E-state index in [4.69, 9.17) is 4.74 Å². The Bertz CT molecular complexity index is 485. The summed E-state index contributed by atoms with van der Waals surface area (Å²) in [5.74, 6) is 1.53. The third-order valence-corrected chi connectivity index (χ3v) is 5.03. The molecule has 0 saturated carbocycles. The van der Waals surface area contributed by atoms with Gasteiger partial charge in [-0.25, -0.2) is 0 Å². The maximum absolute atomic E-state index is 12.3. The number of carbonyl (C=O) groups excluding carboxylic acids is 1. The minimum absolute atomic E-state index is 0.336. The van der Waals surface area contributed by atoms with E-state index in [1.807, 2.05) is 23.1 Å². The van der Waals surface area contributed by atoms with Gasteiger partial charge >= 0.3 is 0 Å². The van der Waals surface area contributed by atoms with E-state index in [2.05, 4.69) is 17.4 Å². The van der Waals surface area contributed by atoms with Gasteiger partial charge in [0.25, 0.3) is 0 Å². The van der Waals surface area contributed by atoms with Gasteiger partial charge in [-0.1, -0.05) is 30.3 Å². The van der Waals surface area contributed by atoms with Crippen molar-refractivity contribution in [2.45, 2.75) is 32.3 Å². The predicted octanol–water partition coefficient (Wildman–Crippen LogP) is 2.44. The minimum Gasteiger partial charge on any atom is -0.376 e. The van der Waals surface area contributed by atoms with Gasteiger partial charge in [0.2, 0.25) is 5.91 Å². The van der Waals surface area contributed by atoms with Crippen LogP contribution in [0.1, 0.15) is 31.2 Å². The van der Waals surface area contributed by atoms with Crippen LogP contribution in [0.3, 0.4) is 0 Å². The van der Waals surface area contributed by atoms with Gasteiger partial charge in [0.15, 0.2) is 0 Å². The van der Waals surface area contributed by atoms with Crippen LogP contribution in [0.15, 0.2) is 30.3 Å². The maximum Gasteiger partial charge on any atom is 0.222 e. The number of carbonyl (C=O) groups is 1. The molecule has 1 aromatic rings. The molecule has 0 radical (unpaired) electrons. The van der Waals surface area contributed by atoms with E-state index in [-0.39, 0.29) is 0 Å². The fourth-order valence-corrected chi connectivity index (χ4v) is 3.56. The molecule has 1 aromatic carbocycles. The van der Waals surface area contributed by atoms with Gasteiger partial charge < -0.3 is 15.0 Å². The van der Waals surface area contributed by atoms with E-state index in [1.54, 1.807) is 0 Å². The lowest BCUT2D eigenvalue weighted by Crippen LogP contribution is -2.29. The summed E-state index contributed by atoms with van der Waals surface area (Å²) in [5, 5.41) is 3.37. The molecule has 3 rings (SSSR count). The van der Waals surface area contributed by atoms with Crippen LogP contribution < -0.4 is 5.32 Å². The molecule has 0 aliphatic carbocycles. The Morgan fingerprint density at radius 1 is 1.22 bits per heavy atom. The highest BCUT2D eigenvalue weighted by atomic mass is 16.5. The summed E-state index contributed by atoms with van der Waals surface area (Å²) in [7, 11) is 0. The van der Waals surface area contributed by atoms with Gasteiger partial charge in [0.1, 0.15) is 0 Å². The number of benzene rings is 1. The molecule has 126 valence electrons. The lowest BCUT2D eigenvalue weighted by atomic mass is 10.0. The summed E-state index contributed by atoms with van der Waals surface area (Å²) in [6.07, 6.45) is 4.05. The van der Waals surface area contributed by atoms with Crippen LogP contribution in [0, 0.1) is 11.8 Å². The highest BCUT2D eigenvalue weighted by Crippen LogP contribution is 2.20. The van der Waals surface area contributed by atoms with Crippen LogP contribution in [0.4, 0.5) is 0 Å². The van der Waals surface area contributed by atoms with Crippen molar-refractivity contribution in [2.24, 2.45) is 11.8 Å². The SMILES string of the molecule is O=C(CCC1CCNC1)N1CCC(COCc2ccccc2)C1. The molecule has 2 atom stereocenters. The largest absolute Gasteiger partial charge is 0.376 e. The summed E-state index contributed by atoms with van der Waals surface area (Å²) in [6.45, 7) is 5.40. The summed E-state index contributed by atoms with van der Waals surface area (Å²) < 4.78 is 5.83. The molecule has 1 N–H and O–H groups in total. The lowest BCUT2D eigenvalue weighted by Gasteiger charge is -2.18. The van der Waals surface area contributed by atoms with Gasteiger partial charge in [-0.05, 0) is 43.8 Å². The van der Waals surface area contributed by atoms with E-state index in [1.165, 1.54) is 12.0 Å². The van der Waals surface area contributed by atoms with Crippen molar-refractivity contribution >= 4 is 5.91 Å². The molecule has 2 fully saturated rings. The van der Waals surface area contributed by atoms with Crippen LogP contribution in [0.5, 0.6) is 0 Å². The van der Waals surface area contributed by atoms with Crippen molar-refractivity contribution in [3.8, 4) is 0 Å². The number of nitrogens with one attached hydrogen (secondary N) is 1. The predicted molar refractivity (Wildman–Crippen MR) is 91.0 cm³/mol. The van der Waals surface area contributed by atoms with Gasteiger partial charge in [-0.15, -0.1) is 0 Å². The number of amides is 1. The molecular weight excluding hydrogens is 288 g/mol. The second-order valence-corrected chi connectivity index (χ2v) is 6.89. The smallest absolute Gasteiger partial charge is 0.222 e. The standard InChI is InChI=1S/C19H28N2O2/c22-19(7-6-16-8-10-20-12-16)21-11-9-18(13-21)15-23-14-17-4-2-1-3-5-17/h1-5,16,18,20H,6-15H2. The highest BCUT2D eigenvalue weighted by Gasteiger charge is 2.26. The molecule has 2 unspecified atom stereocenters. The highest BCUT2D eigenvalue weighted by molar-refractivity contribution is 5.76. The molecule has 2 heterocycles. The van der Waals surface area contributed by atoms with Crippen molar-refractivity contribution in [1.29, 1.82) is 0 Å². The molecule has 2 saturated heterocycles. The molecule has 0 spiro atoms. The molecule has 2 aliphatic heterocycles. The Labute approximate surface area is 139 Å². The lowest BCUT2D eigenvalue weighted by molar-refractivity contribution is -0.130. The van der Waals surface area contributed by atoms with Crippen molar-refractivity contribution in [1.82, 2.24) is 10.2 Å². The van der Waals surface area contributed by atoms with Crippen LogP contribution >= 0.6 is 0 Å². The van der Waals surface area contributed by atoms with Gasteiger partial charge in [-0.2, -0.15) is 0 Å². The number of ether oxygens (including phenoxy) is 1. The van der Waals surface area contributed by atoms with Crippen molar-refractivity contribution in [2.75, 3.05) is 32.8 Å². The van der Waals surface area contributed by atoms with Crippen LogP contribution in [-0.2, 0) is 16.1 Å². The van der Waals surface area contributed by atoms with E-state index in [0.717, 1.165) is 45.6 Å². The second-order valence-electron chi connectivity index (χ2n) is 6.89. The maximum atomic E-state index is 12.3. The number of hydrogen-bond donors (Lipinski definition) is 1. The minimum atomic E-state index is 0.336. The molecule has 0 aromatic heterocycles. The first-order valence-electron chi connectivity index (χ1n) is 8.91. The Morgan fingerprint density at radius 3 is 2.87 bits per heavy atom. The Kier molecular flexibility index (Phi) is 6.06. The van der Waals surface area contributed by atoms with Crippen molar-refractivity contribution < 1.29 is 9.53 Å². The quantitative estimate of drug-likeness (QED) is 0.840. The molecule has 23 heavy (non-hydrogen) atoms. The summed E-state index contributed by atoms with van der Waals surface area (Å²) in [5.41, 5.74) is 1.21. The normalized spacial score (nSPS) is 24.3. The van der Waals surface area contributed by atoms with Crippen LogP contribution in [0.2, 0.25) is 0 Å². The average molecular weight is 316 g/mol. The Balaban J connectivity index is 1.32. The first-order valence-corrected chi connectivity index (χ1v) is 8.91. The van der Waals surface area contributed by atoms with Crippen LogP contribution in [0.25, 0.3) is 0 Å². The Morgan fingerprint density at radius 2 is 2.09 bits per heavy atom. The molecule has 4 heteroatoms. The average Bonchev–Trinajstić information content (AvgIpc) is 3.25. The number of nitrogens with zero attached hydrogens (tertiary/aromatic N) is 1. The van der Waals surface area contributed by atoms with Crippen molar-refractivity contribution in [3.05, 3.63) is 35.9 Å². The first-order chi connectivity index (χ1) is 11.3. The van der Waals surface area contributed by atoms with E-state index >= 15 is 0 Å². The Hall–Kier alpha value is -1.39. The molecule has 0 bridgehead atoms. The first kappa shape index (κ1) is 16.5. The molecule has 4 nitrogen and oxygen atoms in total. The monoisotopic (exact) mass is 316 g/mol. The second kappa shape index (κ2) is 8.46. The fourth-order valence-electron chi connectivity index (χ4n) is 3.56. The van der Waals surface area contributed by atoms with Crippen LogP contribution in [-0.4, -0.2) is 43.6 Å². The van der Waals surface area contributed by atoms with Gasteiger partial charge in [-0.3, -0.25) is 4.79 Å². The van der Waals surface area contributed by atoms with Gasteiger partial charge in [0, 0.05) is 25.4 Å². The van der Waals surface area contributed by atoms with E-state index in [9.17, 15) is 4.79 Å². The summed E-state index contributed by atoms with van der Waals surface area (Å²) in [6, 6.07) is 10.3. The zero-order valence-electron chi connectivity index (χ0n) is 13.9. The summed E-state index contributed by atoms with van der Waals surface area (Å²) in [4.78, 5) is 14.3.